The Kier molecular flexibility index (Phi) is 6.53. The van der Waals surface area contributed by atoms with Gasteiger partial charge in [-0.25, -0.2) is 4.79 Å². The molecule has 1 heterocycles. The Bertz CT molecular complexity index is 1250. The van der Waals surface area contributed by atoms with Crippen LogP contribution in [-0.2, 0) is 23.7 Å². The van der Waals surface area contributed by atoms with Gasteiger partial charge in [-0.05, 0) is 44.2 Å². The van der Waals surface area contributed by atoms with Crippen molar-refractivity contribution in [3.05, 3.63) is 97.8 Å². The predicted octanol–water partition coefficient (Wildman–Crippen LogP) is 2.36. The van der Waals surface area contributed by atoms with E-state index in [2.05, 4.69) is 10.6 Å². The molecule has 0 bridgehead atoms. The third kappa shape index (κ3) is 5.10. The first-order valence-corrected chi connectivity index (χ1v) is 9.90. The minimum atomic E-state index is -0.686. The molecule has 0 atom stereocenters. The summed E-state index contributed by atoms with van der Waals surface area (Å²) in [6.45, 7) is 3.84. The standard InChI is InChI=1S/C24H24N4O4/c1-15-5-9-18(10-6-15)25-21(29)20(22(30)26-19-11-7-16(2)8-12-19)13-17-14-27(3)24(32)28(4)23(17)31/h5-14H,1-4H3,(H,25,29)(H,26,30). The molecule has 0 aliphatic carbocycles. The van der Waals surface area contributed by atoms with Crippen LogP contribution in [0.15, 0.2) is 69.9 Å². The topological polar surface area (TPSA) is 102 Å². The van der Waals surface area contributed by atoms with Crippen LogP contribution in [0.1, 0.15) is 16.7 Å². The van der Waals surface area contributed by atoms with E-state index in [1.807, 2.05) is 38.1 Å². The van der Waals surface area contributed by atoms with Gasteiger partial charge in [0.05, 0.1) is 5.56 Å². The average Bonchev–Trinajstić information content (AvgIpc) is 2.76. The Labute approximate surface area is 184 Å². The molecule has 1 aromatic heterocycles. The van der Waals surface area contributed by atoms with Crippen molar-refractivity contribution in [1.29, 1.82) is 0 Å². The average molecular weight is 432 g/mol. The summed E-state index contributed by atoms with van der Waals surface area (Å²) < 4.78 is 2.12. The highest BCUT2D eigenvalue weighted by atomic mass is 16.2. The quantitative estimate of drug-likeness (QED) is 0.367. The van der Waals surface area contributed by atoms with Gasteiger partial charge in [0.2, 0.25) is 0 Å². The van der Waals surface area contributed by atoms with Crippen molar-refractivity contribution in [2.75, 3.05) is 10.6 Å². The van der Waals surface area contributed by atoms with Gasteiger partial charge in [-0.1, -0.05) is 35.4 Å². The molecule has 2 N–H and O–H groups in total. The van der Waals surface area contributed by atoms with E-state index in [1.165, 1.54) is 30.9 Å². The van der Waals surface area contributed by atoms with Gasteiger partial charge < -0.3 is 15.2 Å². The Morgan fingerprint density at radius 1 is 0.781 bits per heavy atom. The molecule has 0 fully saturated rings. The highest BCUT2D eigenvalue weighted by Gasteiger charge is 2.20. The first-order valence-electron chi connectivity index (χ1n) is 9.90. The lowest BCUT2D eigenvalue weighted by molar-refractivity contribution is -0.118. The summed E-state index contributed by atoms with van der Waals surface area (Å²) in [5.74, 6) is -1.37. The molecule has 164 valence electrons. The summed E-state index contributed by atoms with van der Waals surface area (Å²) in [6.07, 6.45) is 2.48. The van der Waals surface area contributed by atoms with Crippen LogP contribution in [0.25, 0.3) is 6.08 Å². The molecule has 0 radical (unpaired) electrons. The second-order valence-electron chi connectivity index (χ2n) is 7.54. The molecule has 8 heteroatoms. The van der Waals surface area contributed by atoms with Gasteiger partial charge in [-0.3, -0.25) is 19.0 Å². The number of carbonyl (C=O) groups excluding carboxylic acids is 2. The highest BCUT2D eigenvalue weighted by molar-refractivity contribution is 6.28. The third-order valence-corrected chi connectivity index (χ3v) is 4.88. The maximum atomic E-state index is 13.0. The molecular weight excluding hydrogens is 408 g/mol. The first kappa shape index (κ1) is 22.5. The van der Waals surface area contributed by atoms with Crippen molar-refractivity contribution in [3.8, 4) is 0 Å². The zero-order valence-electron chi connectivity index (χ0n) is 18.3. The van der Waals surface area contributed by atoms with Crippen LogP contribution in [0.3, 0.4) is 0 Å². The summed E-state index contributed by atoms with van der Waals surface area (Å²) in [5, 5.41) is 5.36. The molecule has 2 aromatic carbocycles. The van der Waals surface area contributed by atoms with Crippen LogP contribution in [0, 0.1) is 13.8 Å². The fourth-order valence-corrected chi connectivity index (χ4v) is 3.00. The molecule has 0 unspecified atom stereocenters. The van der Waals surface area contributed by atoms with Crippen LogP contribution in [0.2, 0.25) is 0 Å². The van der Waals surface area contributed by atoms with Gasteiger partial charge >= 0.3 is 5.69 Å². The van der Waals surface area contributed by atoms with E-state index in [-0.39, 0.29) is 11.1 Å². The fourth-order valence-electron chi connectivity index (χ4n) is 3.00. The summed E-state index contributed by atoms with van der Waals surface area (Å²) in [6, 6.07) is 14.2. The van der Waals surface area contributed by atoms with Crippen LogP contribution in [0.5, 0.6) is 0 Å². The predicted molar refractivity (Wildman–Crippen MR) is 125 cm³/mol. The van der Waals surface area contributed by atoms with Crippen LogP contribution < -0.4 is 21.9 Å². The zero-order valence-corrected chi connectivity index (χ0v) is 18.3. The van der Waals surface area contributed by atoms with E-state index in [0.29, 0.717) is 11.4 Å². The Hall–Kier alpha value is -4.20. The normalized spacial score (nSPS) is 10.4. The molecule has 0 saturated carbocycles. The minimum Gasteiger partial charge on any atom is -0.322 e. The molecule has 3 rings (SSSR count). The maximum Gasteiger partial charge on any atom is 0.330 e. The van der Waals surface area contributed by atoms with Crippen molar-refractivity contribution in [2.24, 2.45) is 14.1 Å². The maximum absolute atomic E-state index is 13.0. The van der Waals surface area contributed by atoms with E-state index < -0.39 is 23.1 Å². The Morgan fingerprint density at radius 3 is 1.66 bits per heavy atom. The Balaban J connectivity index is 2.03. The Morgan fingerprint density at radius 2 is 1.22 bits per heavy atom. The van der Waals surface area contributed by atoms with E-state index in [0.717, 1.165) is 15.7 Å². The first-order chi connectivity index (χ1) is 15.2. The van der Waals surface area contributed by atoms with Crippen LogP contribution in [0.4, 0.5) is 11.4 Å². The van der Waals surface area contributed by atoms with E-state index in [9.17, 15) is 19.2 Å². The number of hydrogen-bond donors (Lipinski definition) is 2. The largest absolute Gasteiger partial charge is 0.330 e. The SMILES string of the molecule is Cc1ccc(NC(=O)C(=Cc2cn(C)c(=O)n(C)c2=O)C(=O)Nc2ccc(C)cc2)cc1. The summed E-state index contributed by atoms with van der Waals surface area (Å²) in [7, 11) is 2.82. The number of benzene rings is 2. The number of carbonyl (C=O) groups is 2. The van der Waals surface area contributed by atoms with Crippen molar-refractivity contribution in [3.63, 3.8) is 0 Å². The van der Waals surface area contributed by atoms with Gasteiger partial charge in [0.15, 0.2) is 0 Å². The van der Waals surface area contributed by atoms with Crippen molar-refractivity contribution in [2.45, 2.75) is 13.8 Å². The second-order valence-corrected chi connectivity index (χ2v) is 7.54. The zero-order chi connectivity index (χ0) is 23.4. The molecular formula is C24H24N4O4. The smallest absolute Gasteiger partial charge is 0.322 e. The van der Waals surface area contributed by atoms with Gasteiger partial charge in [-0.15, -0.1) is 0 Å². The number of aryl methyl sites for hydroxylation is 3. The molecule has 32 heavy (non-hydrogen) atoms. The number of amides is 2. The van der Waals surface area contributed by atoms with Crippen molar-refractivity contribution in [1.82, 2.24) is 9.13 Å². The minimum absolute atomic E-state index is 0.0303. The summed E-state index contributed by atoms with van der Waals surface area (Å²) in [4.78, 5) is 50.6. The van der Waals surface area contributed by atoms with E-state index >= 15 is 0 Å². The van der Waals surface area contributed by atoms with Crippen molar-refractivity contribution >= 4 is 29.3 Å². The lowest BCUT2D eigenvalue weighted by Gasteiger charge is -2.11. The number of rotatable bonds is 5. The monoisotopic (exact) mass is 432 g/mol. The number of nitrogens with zero attached hydrogens (tertiary/aromatic N) is 2. The van der Waals surface area contributed by atoms with E-state index in [1.54, 1.807) is 24.3 Å². The molecule has 0 aliphatic rings. The van der Waals surface area contributed by atoms with Gasteiger partial charge in [-0.2, -0.15) is 0 Å². The van der Waals surface area contributed by atoms with E-state index in [4.69, 9.17) is 0 Å². The third-order valence-electron chi connectivity index (χ3n) is 4.88. The van der Waals surface area contributed by atoms with Gasteiger partial charge in [0.25, 0.3) is 17.4 Å². The number of hydrogen-bond acceptors (Lipinski definition) is 4. The number of nitrogens with one attached hydrogen (secondary N) is 2. The molecule has 0 saturated heterocycles. The fraction of sp³-hybridized carbons (Fsp3) is 0.167. The van der Waals surface area contributed by atoms with Crippen LogP contribution in [-0.4, -0.2) is 20.9 Å². The molecule has 3 aromatic rings. The van der Waals surface area contributed by atoms with Crippen LogP contribution >= 0.6 is 0 Å². The number of anilines is 2. The number of aromatic nitrogens is 2. The lowest BCUT2D eigenvalue weighted by Crippen LogP contribution is -2.38. The van der Waals surface area contributed by atoms with Gasteiger partial charge in [0, 0.05) is 31.7 Å². The second kappa shape index (κ2) is 9.30. The molecule has 0 aliphatic heterocycles. The summed E-state index contributed by atoms with van der Waals surface area (Å²) >= 11 is 0. The molecule has 2 amide bonds. The summed E-state index contributed by atoms with van der Waals surface area (Å²) in [5.41, 5.74) is 1.67. The lowest BCUT2D eigenvalue weighted by atomic mass is 10.1. The molecule has 8 nitrogen and oxygen atoms in total. The van der Waals surface area contributed by atoms with Crippen molar-refractivity contribution < 1.29 is 9.59 Å². The molecule has 0 spiro atoms. The van der Waals surface area contributed by atoms with Gasteiger partial charge in [0.1, 0.15) is 5.57 Å². The highest BCUT2D eigenvalue weighted by Crippen LogP contribution is 2.15.